The van der Waals surface area contributed by atoms with Crippen LogP contribution >= 0.6 is 0 Å². The van der Waals surface area contributed by atoms with Gasteiger partial charge in [-0.2, -0.15) is 16.8 Å². The summed E-state index contributed by atoms with van der Waals surface area (Å²) in [7, 11) is -8.32. The first-order valence-corrected chi connectivity index (χ1v) is 10.7. The summed E-state index contributed by atoms with van der Waals surface area (Å²) in [5, 5.41) is 2.31. The highest BCUT2D eigenvalue weighted by Gasteiger charge is 2.16. The molecule has 0 saturated carbocycles. The standard InChI is InChI=1S/C15H19NO9S2/c1-11(2)14(17)16-10-24-15(18)12-4-6-13(7-5-12)25-27(22,23)9-3-8-26(19,20)21/h4-7H,1,3,8-10H2,2H3,(H,16,17)(H,19,20,21). The van der Waals surface area contributed by atoms with Crippen LogP contribution in [0.15, 0.2) is 36.4 Å². The van der Waals surface area contributed by atoms with Gasteiger partial charge in [0.2, 0.25) is 5.91 Å². The maximum Gasteiger partial charge on any atom is 0.339 e. The van der Waals surface area contributed by atoms with Crippen LogP contribution in [0.4, 0.5) is 0 Å². The highest BCUT2D eigenvalue weighted by molar-refractivity contribution is 7.87. The van der Waals surface area contributed by atoms with Crippen LogP contribution in [0.5, 0.6) is 5.75 Å². The zero-order chi connectivity index (χ0) is 20.7. The molecular formula is C15H19NO9S2. The van der Waals surface area contributed by atoms with Crippen molar-refractivity contribution >= 4 is 32.1 Å². The van der Waals surface area contributed by atoms with E-state index in [2.05, 4.69) is 11.9 Å². The second-order valence-electron chi connectivity index (χ2n) is 5.37. The smallest absolute Gasteiger partial charge is 0.339 e. The molecule has 0 spiro atoms. The summed E-state index contributed by atoms with van der Waals surface area (Å²) >= 11 is 0. The maximum atomic E-state index is 11.8. The van der Waals surface area contributed by atoms with Crippen LogP contribution in [0.2, 0.25) is 0 Å². The fourth-order valence-corrected chi connectivity index (χ4v) is 3.33. The van der Waals surface area contributed by atoms with E-state index in [1.54, 1.807) is 0 Å². The number of carbonyl (C=O) groups is 2. The fraction of sp³-hybridized carbons (Fsp3) is 0.333. The van der Waals surface area contributed by atoms with E-state index in [4.69, 9.17) is 13.5 Å². The molecule has 0 aromatic heterocycles. The summed E-state index contributed by atoms with van der Waals surface area (Å²) < 4.78 is 62.8. The molecule has 0 fully saturated rings. The first-order valence-electron chi connectivity index (χ1n) is 7.48. The van der Waals surface area contributed by atoms with Crippen LogP contribution in [0.25, 0.3) is 0 Å². The number of amides is 1. The minimum Gasteiger partial charge on any atom is -0.441 e. The Morgan fingerprint density at radius 1 is 1.11 bits per heavy atom. The van der Waals surface area contributed by atoms with E-state index < -0.39 is 43.6 Å². The Bertz CT molecular complexity index is 903. The molecule has 0 aliphatic heterocycles. The number of esters is 1. The fourth-order valence-electron chi connectivity index (χ4n) is 1.65. The van der Waals surface area contributed by atoms with E-state index in [0.29, 0.717) is 0 Å². The van der Waals surface area contributed by atoms with Gasteiger partial charge in [0.15, 0.2) is 6.73 Å². The van der Waals surface area contributed by atoms with E-state index in [-0.39, 0.29) is 30.0 Å². The van der Waals surface area contributed by atoms with Gasteiger partial charge in [-0.15, -0.1) is 0 Å². The number of benzene rings is 1. The van der Waals surface area contributed by atoms with Gasteiger partial charge in [-0.1, -0.05) is 6.58 Å². The van der Waals surface area contributed by atoms with Gasteiger partial charge in [-0.3, -0.25) is 9.35 Å². The molecule has 27 heavy (non-hydrogen) atoms. The second-order valence-corrected chi connectivity index (χ2v) is 8.63. The lowest BCUT2D eigenvalue weighted by Gasteiger charge is -2.08. The Hall–Kier alpha value is -2.44. The monoisotopic (exact) mass is 421 g/mol. The highest BCUT2D eigenvalue weighted by Crippen LogP contribution is 2.15. The van der Waals surface area contributed by atoms with Crippen molar-refractivity contribution in [2.24, 2.45) is 0 Å². The van der Waals surface area contributed by atoms with Crippen molar-refractivity contribution in [3.05, 3.63) is 42.0 Å². The van der Waals surface area contributed by atoms with Crippen molar-refractivity contribution in [2.75, 3.05) is 18.2 Å². The van der Waals surface area contributed by atoms with E-state index in [9.17, 15) is 26.4 Å². The first kappa shape index (κ1) is 22.6. The zero-order valence-electron chi connectivity index (χ0n) is 14.4. The number of carbonyl (C=O) groups excluding carboxylic acids is 2. The lowest BCUT2D eigenvalue weighted by Crippen LogP contribution is -2.27. The molecule has 0 atom stereocenters. The van der Waals surface area contributed by atoms with E-state index in [1.165, 1.54) is 31.2 Å². The molecule has 12 heteroatoms. The maximum absolute atomic E-state index is 11.8. The van der Waals surface area contributed by atoms with Crippen LogP contribution in [0, 0.1) is 0 Å². The van der Waals surface area contributed by atoms with Crippen molar-refractivity contribution in [1.82, 2.24) is 5.32 Å². The van der Waals surface area contributed by atoms with Gasteiger partial charge in [0.25, 0.3) is 10.1 Å². The van der Waals surface area contributed by atoms with Gasteiger partial charge in [0.05, 0.1) is 17.1 Å². The molecule has 0 aliphatic carbocycles. The summed E-state index contributed by atoms with van der Waals surface area (Å²) in [5.41, 5.74) is 0.348. The van der Waals surface area contributed by atoms with Gasteiger partial charge in [0.1, 0.15) is 5.75 Å². The molecule has 1 aromatic carbocycles. The predicted molar refractivity (Wildman–Crippen MR) is 95.1 cm³/mol. The largest absolute Gasteiger partial charge is 0.441 e. The summed E-state index contributed by atoms with van der Waals surface area (Å²) in [5.74, 6) is -2.62. The van der Waals surface area contributed by atoms with Crippen molar-refractivity contribution in [2.45, 2.75) is 13.3 Å². The van der Waals surface area contributed by atoms with Crippen LogP contribution in [0.3, 0.4) is 0 Å². The number of ether oxygens (including phenoxy) is 1. The van der Waals surface area contributed by atoms with E-state index >= 15 is 0 Å². The third-order valence-corrected chi connectivity index (χ3v) is 4.97. The number of rotatable bonds is 10. The summed E-state index contributed by atoms with van der Waals surface area (Å²) in [6, 6.07) is 4.94. The topological polar surface area (TPSA) is 153 Å². The number of nitrogens with one attached hydrogen (secondary N) is 1. The SMILES string of the molecule is C=C(C)C(=O)NCOC(=O)c1ccc(OS(=O)(=O)CCCS(=O)(=O)O)cc1. The molecule has 1 amide bonds. The zero-order valence-corrected chi connectivity index (χ0v) is 16.0. The molecular weight excluding hydrogens is 402 g/mol. The molecule has 0 bridgehead atoms. The summed E-state index contributed by atoms with van der Waals surface area (Å²) in [6.07, 6.45) is -0.332. The van der Waals surface area contributed by atoms with E-state index in [1.807, 2.05) is 0 Å². The van der Waals surface area contributed by atoms with Crippen molar-refractivity contribution in [3.63, 3.8) is 0 Å². The Morgan fingerprint density at radius 3 is 2.22 bits per heavy atom. The third-order valence-electron chi connectivity index (χ3n) is 2.93. The lowest BCUT2D eigenvalue weighted by molar-refractivity contribution is -0.118. The Morgan fingerprint density at radius 2 is 1.70 bits per heavy atom. The third kappa shape index (κ3) is 9.17. The molecule has 2 N–H and O–H groups in total. The molecule has 0 saturated heterocycles. The van der Waals surface area contributed by atoms with Gasteiger partial charge < -0.3 is 14.2 Å². The van der Waals surface area contributed by atoms with E-state index in [0.717, 1.165) is 0 Å². The average molecular weight is 421 g/mol. The number of hydrogen-bond donors (Lipinski definition) is 2. The van der Waals surface area contributed by atoms with Crippen LogP contribution in [-0.2, 0) is 29.8 Å². The molecule has 1 rings (SSSR count). The minimum absolute atomic E-state index is 0.0889. The van der Waals surface area contributed by atoms with Crippen molar-refractivity contribution < 1.29 is 39.9 Å². The summed E-state index contributed by atoms with van der Waals surface area (Å²) in [4.78, 5) is 23.0. The van der Waals surface area contributed by atoms with Gasteiger partial charge >= 0.3 is 16.1 Å². The second kappa shape index (κ2) is 9.48. The van der Waals surface area contributed by atoms with Crippen LogP contribution in [0.1, 0.15) is 23.7 Å². The summed E-state index contributed by atoms with van der Waals surface area (Å²) in [6.45, 7) is 4.56. The normalized spacial score (nSPS) is 11.5. The Kier molecular flexibility index (Phi) is 7.94. The molecule has 0 radical (unpaired) electrons. The highest BCUT2D eigenvalue weighted by atomic mass is 32.2. The van der Waals surface area contributed by atoms with Crippen LogP contribution in [-0.4, -0.2) is 51.5 Å². The number of hydrogen-bond acceptors (Lipinski definition) is 8. The lowest BCUT2D eigenvalue weighted by atomic mass is 10.2. The molecule has 150 valence electrons. The van der Waals surface area contributed by atoms with Gasteiger partial charge in [-0.25, -0.2) is 4.79 Å². The minimum atomic E-state index is -4.25. The van der Waals surface area contributed by atoms with Gasteiger partial charge in [-0.05, 0) is 37.6 Å². The Balaban J connectivity index is 2.56. The molecule has 0 heterocycles. The molecule has 0 aliphatic rings. The molecule has 1 aromatic rings. The first-order chi connectivity index (χ1) is 12.4. The van der Waals surface area contributed by atoms with Crippen molar-refractivity contribution in [1.29, 1.82) is 0 Å². The average Bonchev–Trinajstić information content (AvgIpc) is 2.53. The van der Waals surface area contributed by atoms with Crippen LogP contribution < -0.4 is 9.50 Å². The molecule has 10 nitrogen and oxygen atoms in total. The van der Waals surface area contributed by atoms with Crippen molar-refractivity contribution in [3.8, 4) is 5.75 Å². The predicted octanol–water partition coefficient (Wildman–Crippen LogP) is 0.480. The Labute approximate surface area is 157 Å². The quantitative estimate of drug-likeness (QED) is 0.180. The molecule has 0 unspecified atom stereocenters. The van der Waals surface area contributed by atoms with Gasteiger partial charge in [0, 0.05) is 5.57 Å².